The molecule has 0 atom stereocenters. The molecule has 1 amide bonds. The number of nitro benzene ring substituents is 1. The lowest BCUT2D eigenvalue weighted by Gasteiger charge is -2.12. The number of hydrogen-bond donors (Lipinski definition) is 0. The van der Waals surface area contributed by atoms with Crippen LogP contribution in [0.4, 0.5) is 11.4 Å². The van der Waals surface area contributed by atoms with Crippen LogP contribution in [-0.4, -0.2) is 38.6 Å². The number of aromatic nitrogens is 1. The average molecular weight is 491 g/mol. The van der Waals surface area contributed by atoms with E-state index in [1.807, 2.05) is 68.7 Å². The number of nitrogens with zero attached hydrogens (tertiary/aromatic N) is 4. The summed E-state index contributed by atoms with van der Waals surface area (Å²) in [5.41, 5.74) is 4.44. The van der Waals surface area contributed by atoms with E-state index in [0.717, 1.165) is 34.1 Å². The number of non-ortho nitro benzene ring substituents is 1. The summed E-state index contributed by atoms with van der Waals surface area (Å²) in [5.74, 6) is 0.699. The molecule has 8 nitrogen and oxygen atoms in total. The smallest absolute Gasteiger partial charge is 0.269 e. The van der Waals surface area contributed by atoms with Crippen molar-refractivity contribution >= 4 is 40.3 Å². The van der Waals surface area contributed by atoms with Crippen molar-refractivity contribution in [1.29, 1.82) is 0 Å². The Morgan fingerprint density at radius 1 is 1.09 bits per heavy atom. The van der Waals surface area contributed by atoms with E-state index < -0.39 is 4.92 Å². The first-order chi connectivity index (χ1) is 16.8. The fourth-order valence-corrected chi connectivity index (χ4v) is 5.01. The van der Waals surface area contributed by atoms with E-state index in [2.05, 4.69) is 0 Å². The van der Waals surface area contributed by atoms with Crippen molar-refractivity contribution in [2.24, 2.45) is 4.99 Å². The third kappa shape index (κ3) is 5.00. The van der Waals surface area contributed by atoms with Gasteiger partial charge in [-0.15, -0.1) is 0 Å². The number of amidine groups is 1. The van der Waals surface area contributed by atoms with Crippen LogP contribution in [0.2, 0.25) is 0 Å². The summed E-state index contributed by atoms with van der Waals surface area (Å²) in [4.78, 5) is 30.7. The predicted octanol–water partition coefficient (Wildman–Crippen LogP) is 6.02. The Bertz CT molecular complexity index is 1320. The molecule has 2 aromatic carbocycles. The van der Waals surface area contributed by atoms with Crippen molar-refractivity contribution in [2.45, 2.75) is 27.7 Å². The second-order valence-electron chi connectivity index (χ2n) is 7.92. The zero-order valence-electron chi connectivity index (χ0n) is 20.0. The number of rotatable bonds is 7. The van der Waals surface area contributed by atoms with Crippen molar-refractivity contribution in [1.82, 2.24) is 9.47 Å². The summed E-state index contributed by atoms with van der Waals surface area (Å²) in [6.07, 6.45) is 1.89. The van der Waals surface area contributed by atoms with Crippen molar-refractivity contribution in [2.75, 3.05) is 13.2 Å². The highest BCUT2D eigenvalue weighted by molar-refractivity contribution is 8.18. The van der Waals surface area contributed by atoms with Crippen LogP contribution in [0.15, 0.2) is 64.5 Å². The van der Waals surface area contributed by atoms with Gasteiger partial charge in [0, 0.05) is 35.8 Å². The quantitative estimate of drug-likeness (QED) is 0.229. The minimum Gasteiger partial charge on any atom is -0.494 e. The summed E-state index contributed by atoms with van der Waals surface area (Å²) in [7, 11) is 0. The van der Waals surface area contributed by atoms with Crippen molar-refractivity contribution in [3.8, 4) is 11.4 Å². The first-order valence-corrected chi connectivity index (χ1v) is 12.1. The molecule has 0 aliphatic carbocycles. The van der Waals surface area contributed by atoms with Crippen LogP contribution in [0.3, 0.4) is 0 Å². The molecule has 1 aliphatic rings. The number of hydrogen-bond acceptors (Lipinski definition) is 6. The highest BCUT2D eigenvalue weighted by Gasteiger charge is 2.32. The van der Waals surface area contributed by atoms with Crippen LogP contribution in [0.1, 0.15) is 30.8 Å². The number of aryl methyl sites for hydroxylation is 1. The molecule has 0 unspecified atom stereocenters. The highest BCUT2D eigenvalue weighted by atomic mass is 32.2. The van der Waals surface area contributed by atoms with Gasteiger partial charge in [-0.3, -0.25) is 19.8 Å². The van der Waals surface area contributed by atoms with Crippen molar-refractivity contribution in [3.05, 3.63) is 86.6 Å². The lowest BCUT2D eigenvalue weighted by atomic mass is 10.2. The molecule has 0 spiro atoms. The fraction of sp³-hybridized carbons (Fsp3) is 0.231. The molecule has 9 heteroatoms. The topological polar surface area (TPSA) is 90.0 Å². The van der Waals surface area contributed by atoms with Gasteiger partial charge in [-0.25, -0.2) is 4.99 Å². The number of carbonyl (C=O) groups is 1. The zero-order chi connectivity index (χ0) is 25.1. The maximum absolute atomic E-state index is 13.1. The average Bonchev–Trinajstić information content (AvgIpc) is 3.29. The standard InChI is InChI=1S/C26H26N4O4S/c1-5-28-25(31)24(35-26(28)27-20-7-13-23(14-8-20)34-6-2)16-19-15-17(3)29(18(19)4)21-9-11-22(12-10-21)30(32)33/h7-16H,5-6H2,1-4H3/b24-16+,27-26?. The summed E-state index contributed by atoms with van der Waals surface area (Å²) in [6, 6.07) is 15.9. The minimum absolute atomic E-state index is 0.0468. The van der Waals surface area contributed by atoms with Gasteiger partial charge in [0.25, 0.3) is 11.6 Å². The molecule has 180 valence electrons. The van der Waals surface area contributed by atoms with Gasteiger partial charge in [0.2, 0.25) is 0 Å². The maximum Gasteiger partial charge on any atom is 0.269 e. The molecule has 0 saturated carbocycles. The second-order valence-corrected chi connectivity index (χ2v) is 8.93. The number of nitro groups is 1. The lowest BCUT2D eigenvalue weighted by Crippen LogP contribution is -2.28. The number of aliphatic imine (C=N–C) groups is 1. The van der Waals surface area contributed by atoms with Gasteiger partial charge in [-0.2, -0.15) is 0 Å². The molecule has 1 saturated heterocycles. The van der Waals surface area contributed by atoms with E-state index >= 15 is 0 Å². The van der Waals surface area contributed by atoms with E-state index in [1.54, 1.807) is 17.0 Å². The number of likely N-dealkylation sites (N-methyl/N-ethyl adjacent to an activating group) is 1. The molecule has 1 aliphatic heterocycles. The van der Waals surface area contributed by atoms with Crippen LogP contribution < -0.4 is 4.74 Å². The lowest BCUT2D eigenvalue weighted by molar-refractivity contribution is -0.384. The number of thioether (sulfide) groups is 1. The van der Waals surface area contributed by atoms with Gasteiger partial charge >= 0.3 is 0 Å². The molecular weight excluding hydrogens is 464 g/mol. The first kappa shape index (κ1) is 24.3. The normalized spacial score (nSPS) is 15.9. The van der Waals surface area contributed by atoms with Crippen LogP contribution >= 0.6 is 11.8 Å². The predicted molar refractivity (Wildman–Crippen MR) is 140 cm³/mol. The number of benzene rings is 2. The van der Waals surface area contributed by atoms with E-state index in [1.165, 1.54) is 23.9 Å². The third-order valence-corrected chi connectivity index (χ3v) is 6.66. The largest absolute Gasteiger partial charge is 0.494 e. The summed E-state index contributed by atoms with van der Waals surface area (Å²) in [5, 5.41) is 11.6. The van der Waals surface area contributed by atoms with Crippen LogP contribution in [-0.2, 0) is 4.79 Å². The Kier molecular flexibility index (Phi) is 7.07. The Morgan fingerprint density at radius 3 is 2.37 bits per heavy atom. The molecule has 0 bridgehead atoms. The number of ether oxygens (including phenoxy) is 1. The molecule has 1 aromatic heterocycles. The van der Waals surface area contributed by atoms with E-state index in [-0.39, 0.29) is 11.6 Å². The van der Waals surface area contributed by atoms with Crippen LogP contribution in [0, 0.1) is 24.0 Å². The highest BCUT2D eigenvalue weighted by Crippen LogP contribution is 2.35. The Hall–Kier alpha value is -3.85. The molecule has 35 heavy (non-hydrogen) atoms. The molecule has 1 fully saturated rings. The molecule has 3 aromatic rings. The van der Waals surface area contributed by atoms with E-state index in [9.17, 15) is 14.9 Å². The van der Waals surface area contributed by atoms with Crippen molar-refractivity contribution < 1.29 is 14.5 Å². The SMILES string of the molecule is CCOc1ccc(N=C2S/C(=C/c3cc(C)n(-c4ccc([N+](=O)[O-])cc4)c3C)C(=O)N2CC)cc1. The minimum atomic E-state index is -0.413. The van der Waals surface area contributed by atoms with E-state index in [0.29, 0.717) is 23.2 Å². The Labute approximate surface area is 208 Å². The molecular formula is C26H26N4O4S. The summed E-state index contributed by atoms with van der Waals surface area (Å²) < 4.78 is 7.51. The van der Waals surface area contributed by atoms with Gasteiger partial charge in [0.1, 0.15) is 5.75 Å². The Morgan fingerprint density at radius 2 is 1.77 bits per heavy atom. The fourth-order valence-electron chi connectivity index (χ4n) is 3.96. The van der Waals surface area contributed by atoms with Gasteiger partial charge in [-0.1, -0.05) is 0 Å². The first-order valence-electron chi connectivity index (χ1n) is 11.3. The van der Waals surface area contributed by atoms with Crippen molar-refractivity contribution in [3.63, 3.8) is 0 Å². The van der Waals surface area contributed by atoms with Gasteiger partial charge < -0.3 is 9.30 Å². The maximum atomic E-state index is 13.1. The van der Waals surface area contributed by atoms with Gasteiger partial charge in [-0.05, 0) is 93.6 Å². The number of amides is 1. The summed E-state index contributed by atoms with van der Waals surface area (Å²) >= 11 is 1.35. The molecule has 0 N–H and O–H groups in total. The number of carbonyl (C=O) groups excluding carboxylic acids is 1. The molecule has 4 rings (SSSR count). The van der Waals surface area contributed by atoms with Crippen LogP contribution in [0.25, 0.3) is 11.8 Å². The van der Waals surface area contributed by atoms with Crippen LogP contribution in [0.5, 0.6) is 5.75 Å². The van der Waals surface area contributed by atoms with Gasteiger partial charge in [0.15, 0.2) is 5.17 Å². The van der Waals surface area contributed by atoms with Gasteiger partial charge in [0.05, 0.1) is 22.1 Å². The molecule has 2 heterocycles. The second kappa shape index (κ2) is 10.2. The zero-order valence-corrected chi connectivity index (χ0v) is 20.8. The molecule has 0 radical (unpaired) electrons. The third-order valence-electron chi connectivity index (χ3n) is 5.65. The summed E-state index contributed by atoms with van der Waals surface area (Å²) in [6.45, 7) is 8.91. The Balaban J connectivity index is 1.64. The van der Waals surface area contributed by atoms with E-state index in [4.69, 9.17) is 9.73 Å². The monoisotopic (exact) mass is 490 g/mol.